The summed E-state index contributed by atoms with van der Waals surface area (Å²) in [7, 11) is -2.33. The predicted molar refractivity (Wildman–Crippen MR) is 75.1 cm³/mol. The van der Waals surface area contributed by atoms with Gasteiger partial charge >= 0.3 is 0 Å². The number of aromatic nitrogens is 2. The fraction of sp³-hybridized carbons (Fsp3) is 0.167. The summed E-state index contributed by atoms with van der Waals surface area (Å²) in [6, 6.07) is 7.55. The smallest absolute Gasteiger partial charge is 0.266 e. The highest BCUT2D eigenvalue weighted by Crippen LogP contribution is 2.22. The van der Waals surface area contributed by atoms with Crippen molar-refractivity contribution in [3.05, 3.63) is 57.0 Å². The van der Waals surface area contributed by atoms with Gasteiger partial charge in [0.2, 0.25) is 10.0 Å². The lowest BCUT2D eigenvalue weighted by molar-refractivity contribution is 0.597. The van der Waals surface area contributed by atoms with Gasteiger partial charge in [-0.2, -0.15) is 5.10 Å². The van der Waals surface area contributed by atoms with Crippen LogP contribution in [0.5, 0.6) is 0 Å². The lowest BCUT2D eigenvalue weighted by Crippen LogP contribution is -2.19. The highest BCUT2D eigenvalue weighted by molar-refractivity contribution is 7.89. The van der Waals surface area contributed by atoms with Crippen LogP contribution in [0.15, 0.2) is 40.0 Å². The van der Waals surface area contributed by atoms with E-state index < -0.39 is 10.0 Å². The van der Waals surface area contributed by atoms with Crippen molar-refractivity contribution in [1.82, 2.24) is 9.78 Å². The van der Waals surface area contributed by atoms with Crippen LogP contribution >= 0.6 is 11.6 Å². The zero-order chi connectivity index (χ0) is 14.9. The molecule has 0 bridgehead atoms. The van der Waals surface area contributed by atoms with E-state index in [2.05, 4.69) is 5.10 Å². The van der Waals surface area contributed by atoms with Crippen LogP contribution in [0, 0.1) is 0 Å². The standard InChI is InChI=1S/C12H12ClN3O3S/c1-16-12(17)5-3-9(15-16)6-8-2-4-10(13)11(7-8)20(14,18)19/h2-5,7H,6H2,1H3,(H2,14,18,19). The first-order chi connectivity index (χ1) is 9.27. The number of aryl methyl sites for hydroxylation is 1. The van der Waals surface area contributed by atoms with E-state index in [1.165, 1.54) is 22.9 Å². The Balaban J connectivity index is 2.39. The molecule has 1 heterocycles. The minimum atomic E-state index is -3.87. The number of nitrogens with zero attached hydrogens (tertiary/aromatic N) is 2. The highest BCUT2D eigenvalue weighted by Gasteiger charge is 2.14. The second-order valence-electron chi connectivity index (χ2n) is 4.27. The van der Waals surface area contributed by atoms with Crippen molar-refractivity contribution in [2.24, 2.45) is 12.2 Å². The number of sulfonamides is 1. The molecule has 0 atom stereocenters. The van der Waals surface area contributed by atoms with Gasteiger partial charge in [-0.05, 0) is 23.8 Å². The van der Waals surface area contributed by atoms with Crippen molar-refractivity contribution in [2.75, 3.05) is 0 Å². The highest BCUT2D eigenvalue weighted by atomic mass is 35.5. The average molecular weight is 314 g/mol. The summed E-state index contributed by atoms with van der Waals surface area (Å²) in [5.74, 6) is 0. The minimum Gasteiger partial charge on any atom is -0.268 e. The molecule has 106 valence electrons. The molecule has 0 aliphatic heterocycles. The molecule has 2 aromatic rings. The second kappa shape index (κ2) is 5.35. The quantitative estimate of drug-likeness (QED) is 0.901. The summed E-state index contributed by atoms with van der Waals surface area (Å²) in [6.45, 7) is 0. The van der Waals surface area contributed by atoms with Crippen molar-refractivity contribution in [2.45, 2.75) is 11.3 Å². The molecule has 0 spiro atoms. The molecule has 20 heavy (non-hydrogen) atoms. The Labute approximate surface area is 120 Å². The SMILES string of the molecule is Cn1nc(Cc2ccc(Cl)c(S(N)(=O)=O)c2)ccc1=O. The Morgan fingerprint density at radius 3 is 2.60 bits per heavy atom. The van der Waals surface area contributed by atoms with Crippen molar-refractivity contribution in [1.29, 1.82) is 0 Å². The Morgan fingerprint density at radius 1 is 1.30 bits per heavy atom. The summed E-state index contributed by atoms with van der Waals surface area (Å²) >= 11 is 5.81. The second-order valence-corrected chi connectivity index (χ2v) is 6.21. The van der Waals surface area contributed by atoms with Crippen LogP contribution in [0.2, 0.25) is 5.02 Å². The molecule has 0 amide bonds. The Morgan fingerprint density at radius 2 is 2.00 bits per heavy atom. The number of benzene rings is 1. The third kappa shape index (κ3) is 3.24. The molecule has 0 fully saturated rings. The van der Waals surface area contributed by atoms with Gasteiger partial charge in [0.25, 0.3) is 5.56 Å². The predicted octanol–water partition coefficient (Wildman–Crippen LogP) is 0.672. The molecule has 0 saturated carbocycles. The van der Waals surface area contributed by atoms with Gasteiger partial charge in [-0.15, -0.1) is 0 Å². The molecular formula is C12H12ClN3O3S. The maximum absolute atomic E-state index is 11.4. The molecule has 0 radical (unpaired) electrons. The molecule has 0 unspecified atom stereocenters. The zero-order valence-electron chi connectivity index (χ0n) is 10.6. The van der Waals surface area contributed by atoms with E-state index in [1.807, 2.05) is 0 Å². The van der Waals surface area contributed by atoms with E-state index in [4.69, 9.17) is 16.7 Å². The summed E-state index contributed by atoms with van der Waals surface area (Å²) in [4.78, 5) is 11.1. The van der Waals surface area contributed by atoms with Gasteiger partial charge in [0.05, 0.1) is 10.7 Å². The van der Waals surface area contributed by atoms with Crippen LogP contribution in [0.4, 0.5) is 0 Å². The lowest BCUT2D eigenvalue weighted by Gasteiger charge is -2.06. The van der Waals surface area contributed by atoms with E-state index in [0.29, 0.717) is 17.7 Å². The number of hydrogen-bond donors (Lipinski definition) is 1. The fourth-order valence-electron chi connectivity index (χ4n) is 1.73. The third-order valence-electron chi connectivity index (χ3n) is 2.70. The number of halogens is 1. The van der Waals surface area contributed by atoms with Crippen LogP contribution in [0.3, 0.4) is 0 Å². The van der Waals surface area contributed by atoms with Crippen molar-refractivity contribution in [3.63, 3.8) is 0 Å². The van der Waals surface area contributed by atoms with Gasteiger partial charge in [0.1, 0.15) is 4.90 Å². The summed E-state index contributed by atoms with van der Waals surface area (Å²) in [6.07, 6.45) is 0.369. The van der Waals surface area contributed by atoms with Crippen LogP contribution in [0.1, 0.15) is 11.3 Å². The van der Waals surface area contributed by atoms with Gasteiger partial charge in [-0.1, -0.05) is 17.7 Å². The van der Waals surface area contributed by atoms with Crippen molar-refractivity contribution < 1.29 is 8.42 Å². The van der Waals surface area contributed by atoms with Gasteiger partial charge in [0.15, 0.2) is 0 Å². The van der Waals surface area contributed by atoms with E-state index in [0.717, 1.165) is 0 Å². The van der Waals surface area contributed by atoms with Crippen molar-refractivity contribution >= 4 is 21.6 Å². The Kier molecular flexibility index (Phi) is 3.94. The number of rotatable bonds is 3. The molecule has 2 N–H and O–H groups in total. The van der Waals surface area contributed by atoms with E-state index in [9.17, 15) is 13.2 Å². The van der Waals surface area contributed by atoms with E-state index in [-0.39, 0.29) is 15.5 Å². The third-order valence-corrected chi connectivity index (χ3v) is 4.10. The largest absolute Gasteiger partial charge is 0.268 e. The molecular weight excluding hydrogens is 302 g/mol. The summed E-state index contributed by atoms with van der Waals surface area (Å²) < 4.78 is 24.0. The molecule has 0 aliphatic carbocycles. The fourth-order valence-corrected chi connectivity index (χ4v) is 2.83. The molecule has 0 saturated heterocycles. The first-order valence-corrected chi connectivity index (χ1v) is 7.54. The first kappa shape index (κ1) is 14.7. The molecule has 0 aliphatic rings. The first-order valence-electron chi connectivity index (χ1n) is 5.62. The maximum Gasteiger partial charge on any atom is 0.266 e. The summed E-state index contributed by atoms with van der Waals surface area (Å²) in [5.41, 5.74) is 1.11. The van der Waals surface area contributed by atoms with Crippen LogP contribution in [-0.2, 0) is 23.5 Å². The Bertz CT molecular complexity index is 815. The lowest BCUT2D eigenvalue weighted by atomic mass is 10.1. The van der Waals surface area contributed by atoms with Gasteiger partial charge < -0.3 is 0 Å². The molecule has 8 heteroatoms. The summed E-state index contributed by atoms with van der Waals surface area (Å²) in [5, 5.41) is 9.24. The number of primary sulfonamides is 1. The number of hydrogen-bond acceptors (Lipinski definition) is 4. The minimum absolute atomic E-state index is 0.0738. The normalized spacial score (nSPS) is 11.6. The number of nitrogens with two attached hydrogens (primary N) is 1. The van der Waals surface area contributed by atoms with Gasteiger partial charge in [-0.3, -0.25) is 4.79 Å². The van der Waals surface area contributed by atoms with E-state index in [1.54, 1.807) is 19.2 Å². The average Bonchev–Trinajstić information content (AvgIpc) is 2.35. The van der Waals surface area contributed by atoms with Gasteiger partial charge in [-0.25, -0.2) is 18.2 Å². The van der Waals surface area contributed by atoms with Crippen molar-refractivity contribution in [3.8, 4) is 0 Å². The molecule has 1 aromatic heterocycles. The molecule has 6 nitrogen and oxygen atoms in total. The maximum atomic E-state index is 11.4. The molecule has 2 rings (SSSR count). The Hall–Kier alpha value is -1.70. The topological polar surface area (TPSA) is 95.1 Å². The van der Waals surface area contributed by atoms with Crippen LogP contribution in [-0.4, -0.2) is 18.2 Å². The van der Waals surface area contributed by atoms with Crippen LogP contribution < -0.4 is 10.7 Å². The zero-order valence-corrected chi connectivity index (χ0v) is 12.1. The van der Waals surface area contributed by atoms with Gasteiger partial charge in [0, 0.05) is 19.5 Å². The monoisotopic (exact) mass is 313 g/mol. The van der Waals surface area contributed by atoms with E-state index >= 15 is 0 Å². The van der Waals surface area contributed by atoms with Crippen LogP contribution in [0.25, 0.3) is 0 Å². The molecule has 1 aromatic carbocycles.